The Morgan fingerprint density at radius 3 is 2.26 bits per heavy atom. The smallest absolute Gasteiger partial charge is 0.416 e. The monoisotopic (exact) mass is 457 g/mol. The van der Waals surface area contributed by atoms with Gasteiger partial charge in [-0.3, -0.25) is 4.79 Å². The molecule has 1 aliphatic rings. The maximum Gasteiger partial charge on any atom is 0.416 e. The third kappa shape index (κ3) is 5.49. The van der Waals surface area contributed by atoms with Gasteiger partial charge in [-0.05, 0) is 36.4 Å². The van der Waals surface area contributed by atoms with Crippen molar-refractivity contribution in [3.63, 3.8) is 0 Å². The first-order valence-corrected chi connectivity index (χ1v) is 10.6. The molecule has 1 saturated heterocycles. The van der Waals surface area contributed by atoms with Crippen molar-refractivity contribution in [3.8, 4) is 0 Å². The molecule has 0 aromatic heterocycles. The van der Waals surface area contributed by atoms with Crippen LogP contribution in [0, 0.1) is 0 Å². The van der Waals surface area contributed by atoms with E-state index in [-0.39, 0.29) is 29.1 Å². The Bertz CT molecular complexity index is 1060. The van der Waals surface area contributed by atoms with Crippen LogP contribution < -0.4 is 0 Å². The minimum atomic E-state index is -4.60. The second-order valence-corrected chi connectivity index (χ2v) is 8.56. The predicted molar refractivity (Wildman–Crippen MR) is 102 cm³/mol. The Balaban J connectivity index is 1.63. The summed E-state index contributed by atoms with van der Waals surface area (Å²) in [6.07, 6.45) is -4.60. The van der Waals surface area contributed by atoms with E-state index in [0.717, 1.165) is 12.1 Å². The van der Waals surface area contributed by atoms with Crippen LogP contribution >= 0.6 is 0 Å². The van der Waals surface area contributed by atoms with Gasteiger partial charge in [-0.1, -0.05) is 12.1 Å². The minimum Gasteiger partial charge on any atom is -0.454 e. The van der Waals surface area contributed by atoms with Crippen LogP contribution in [0.15, 0.2) is 53.4 Å². The average molecular weight is 457 g/mol. The number of ketones is 1. The summed E-state index contributed by atoms with van der Waals surface area (Å²) in [5.74, 6) is -1.71. The third-order valence-electron chi connectivity index (χ3n) is 4.54. The van der Waals surface area contributed by atoms with Gasteiger partial charge in [-0.15, -0.1) is 0 Å². The second kappa shape index (κ2) is 9.16. The minimum absolute atomic E-state index is 0.00207. The predicted octanol–water partition coefficient (Wildman–Crippen LogP) is 2.77. The fourth-order valence-electron chi connectivity index (χ4n) is 2.87. The molecule has 1 aliphatic heterocycles. The van der Waals surface area contributed by atoms with Crippen LogP contribution in [0.3, 0.4) is 0 Å². The molecule has 1 heterocycles. The zero-order chi connectivity index (χ0) is 22.6. The molecule has 0 amide bonds. The van der Waals surface area contributed by atoms with Crippen LogP contribution in [-0.2, 0) is 25.7 Å². The first kappa shape index (κ1) is 22.9. The number of hydrogen-bond donors (Lipinski definition) is 0. The van der Waals surface area contributed by atoms with E-state index in [1.165, 1.54) is 34.6 Å². The van der Waals surface area contributed by atoms with Crippen molar-refractivity contribution in [3.05, 3.63) is 65.2 Å². The number of rotatable bonds is 6. The Labute approximate surface area is 176 Å². The topological polar surface area (TPSA) is 90.0 Å². The van der Waals surface area contributed by atoms with E-state index in [1.807, 2.05) is 0 Å². The van der Waals surface area contributed by atoms with Crippen molar-refractivity contribution in [2.24, 2.45) is 0 Å². The fraction of sp³-hybridized carbons (Fsp3) is 0.300. The maximum atomic E-state index is 12.8. The summed E-state index contributed by atoms with van der Waals surface area (Å²) < 4.78 is 74.7. The van der Waals surface area contributed by atoms with Crippen LogP contribution in [0.25, 0.3) is 0 Å². The summed E-state index contributed by atoms with van der Waals surface area (Å²) in [5, 5.41) is 0. The number of alkyl halides is 3. The molecule has 1 fully saturated rings. The van der Waals surface area contributed by atoms with Crippen LogP contribution in [0.1, 0.15) is 26.3 Å². The van der Waals surface area contributed by atoms with Gasteiger partial charge in [-0.2, -0.15) is 17.5 Å². The summed E-state index contributed by atoms with van der Waals surface area (Å²) in [5.41, 5.74) is -1.23. The fourth-order valence-corrected chi connectivity index (χ4v) is 4.27. The molecule has 2 aromatic rings. The number of carbonyl (C=O) groups excluding carboxylic acids is 2. The van der Waals surface area contributed by atoms with Crippen molar-refractivity contribution in [2.45, 2.75) is 11.1 Å². The molecule has 3 rings (SSSR count). The standard InChI is InChI=1S/C20H18F3NO6S/c21-20(22,23)16-3-1-2-15(12-16)18(25)13-30-19(26)14-4-6-17(7-5-14)31(27,28)24-8-10-29-11-9-24/h1-7,12H,8-11,13H2. The molecule has 7 nitrogen and oxygen atoms in total. The molecule has 0 N–H and O–H groups in total. The van der Waals surface area contributed by atoms with Gasteiger partial charge in [-0.25, -0.2) is 13.2 Å². The lowest BCUT2D eigenvalue weighted by Gasteiger charge is -2.26. The van der Waals surface area contributed by atoms with Gasteiger partial charge < -0.3 is 9.47 Å². The number of Topliss-reactive ketones (excluding diaryl/α,β-unsaturated/α-hetero) is 1. The summed E-state index contributed by atoms with van der Waals surface area (Å²) in [6, 6.07) is 8.76. The van der Waals surface area contributed by atoms with Gasteiger partial charge in [0.25, 0.3) is 0 Å². The van der Waals surface area contributed by atoms with E-state index in [0.29, 0.717) is 19.3 Å². The van der Waals surface area contributed by atoms with Gasteiger partial charge in [0.2, 0.25) is 10.0 Å². The van der Waals surface area contributed by atoms with E-state index >= 15 is 0 Å². The maximum absolute atomic E-state index is 12.8. The molecule has 0 atom stereocenters. The molecule has 2 aromatic carbocycles. The van der Waals surface area contributed by atoms with Crippen LogP contribution in [0.4, 0.5) is 13.2 Å². The second-order valence-electron chi connectivity index (χ2n) is 6.62. The van der Waals surface area contributed by atoms with Crippen molar-refractivity contribution in [2.75, 3.05) is 32.9 Å². The van der Waals surface area contributed by atoms with E-state index < -0.39 is 40.1 Å². The van der Waals surface area contributed by atoms with E-state index in [4.69, 9.17) is 9.47 Å². The highest BCUT2D eigenvalue weighted by molar-refractivity contribution is 7.89. The largest absolute Gasteiger partial charge is 0.454 e. The molecule has 0 saturated carbocycles. The number of carbonyl (C=O) groups is 2. The molecule has 166 valence electrons. The number of sulfonamides is 1. The normalized spacial score (nSPS) is 15.5. The molecule has 31 heavy (non-hydrogen) atoms. The summed E-state index contributed by atoms with van der Waals surface area (Å²) in [6.45, 7) is 0.286. The Morgan fingerprint density at radius 2 is 1.65 bits per heavy atom. The van der Waals surface area contributed by atoms with Crippen LogP contribution in [0.2, 0.25) is 0 Å². The molecule has 11 heteroatoms. The first-order valence-electron chi connectivity index (χ1n) is 9.14. The summed E-state index contributed by atoms with van der Waals surface area (Å²) >= 11 is 0. The zero-order valence-corrected chi connectivity index (χ0v) is 16.9. The molecule has 0 radical (unpaired) electrons. The first-order chi connectivity index (χ1) is 14.6. The van der Waals surface area contributed by atoms with Crippen molar-refractivity contribution in [1.82, 2.24) is 4.31 Å². The number of nitrogens with zero attached hydrogens (tertiary/aromatic N) is 1. The van der Waals surface area contributed by atoms with Gasteiger partial charge in [0.05, 0.1) is 29.2 Å². The highest BCUT2D eigenvalue weighted by atomic mass is 32.2. The zero-order valence-electron chi connectivity index (χ0n) is 16.1. The van der Waals surface area contributed by atoms with E-state index in [2.05, 4.69) is 0 Å². The van der Waals surface area contributed by atoms with Gasteiger partial charge >= 0.3 is 12.1 Å². The number of hydrogen-bond acceptors (Lipinski definition) is 6. The molecule has 0 aliphatic carbocycles. The van der Waals surface area contributed by atoms with Crippen LogP contribution in [0.5, 0.6) is 0 Å². The number of ether oxygens (including phenoxy) is 2. The lowest BCUT2D eigenvalue weighted by Crippen LogP contribution is -2.40. The van der Waals surface area contributed by atoms with Gasteiger partial charge in [0, 0.05) is 18.7 Å². The number of benzene rings is 2. The molecule has 0 bridgehead atoms. The number of halogens is 3. The highest BCUT2D eigenvalue weighted by Crippen LogP contribution is 2.29. The highest BCUT2D eigenvalue weighted by Gasteiger charge is 2.31. The van der Waals surface area contributed by atoms with Crippen LogP contribution in [-0.4, -0.2) is 57.4 Å². The van der Waals surface area contributed by atoms with Gasteiger partial charge in [0.15, 0.2) is 12.4 Å². The average Bonchev–Trinajstić information content (AvgIpc) is 2.77. The SMILES string of the molecule is O=C(COC(=O)c1ccc(S(=O)(=O)N2CCOCC2)cc1)c1cccc(C(F)(F)F)c1. The van der Waals surface area contributed by atoms with E-state index in [1.54, 1.807) is 0 Å². The van der Waals surface area contributed by atoms with Crippen molar-refractivity contribution >= 4 is 21.8 Å². The molecule has 0 spiro atoms. The Kier molecular flexibility index (Phi) is 6.77. The molecular weight excluding hydrogens is 439 g/mol. The lowest BCUT2D eigenvalue weighted by atomic mass is 10.1. The van der Waals surface area contributed by atoms with Crippen molar-refractivity contribution < 1.29 is 40.7 Å². The number of esters is 1. The Hall–Kier alpha value is -2.76. The Morgan fingerprint density at radius 1 is 1.00 bits per heavy atom. The third-order valence-corrected chi connectivity index (χ3v) is 6.46. The van der Waals surface area contributed by atoms with Crippen molar-refractivity contribution in [1.29, 1.82) is 0 Å². The molecule has 0 unspecified atom stereocenters. The summed E-state index contributed by atoms with van der Waals surface area (Å²) in [7, 11) is -3.73. The molecular formula is C20H18F3NO6S. The lowest BCUT2D eigenvalue weighted by molar-refractivity contribution is -0.137. The van der Waals surface area contributed by atoms with E-state index in [9.17, 15) is 31.2 Å². The summed E-state index contributed by atoms with van der Waals surface area (Å²) in [4.78, 5) is 24.2. The number of morpholine rings is 1. The van der Waals surface area contributed by atoms with Gasteiger partial charge in [0.1, 0.15) is 0 Å². The quantitative estimate of drug-likeness (QED) is 0.490.